The average Bonchev–Trinajstić information content (AvgIpc) is 3.24. The maximum atomic E-state index is 13.1. The van der Waals surface area contributed by atoms with Gasteiger partial charge in [0.25, 0.3) is 0 Å². The lowest BCUT2D eigenvalue weighted by atomic mass is 9.95. The molecule has 0 saturated carbocycles. The van der Waals surface area contributed by atoms with E-state index in [1.54, 1.807) is 0 Å². The second kappa shape index (κ2) is 8.19. The number of hydrogen-bond donors (Lipinski definition) is 0. The van der Waals surface area contributed by atoms with Crippen LogP contribution in [0.3, 0.4) is 0 Å². The van der Waals surface area contributed by atoms with Gasteiger partial charge in [-0.15, -0.1) is 11.3 Å². The molecule has 10 heteroatoms. The second-order valence-electron chi connectivity index (χ2n) is 6.90. The molecule has 2 amide bonds. The molecule has 1 atom stereocenters. The molecule has 3 heterocycles. The summed E-state index contributed by atoms with van der Waals surface area (Å²) in [6, 6.07) is 2.80. The zero-order chi connectivity index (χ0) is 21.4. The van der Waals surface area contributed by atoms with Crippen LogP contribution in [0, 0.1) is 0 Å². The highest BCUT2D eigenvalue weighted by Crippen LogP contribution is 2.44. The van der Waals surface area contributed by atoms with Gasteiger partial charge in [-0.1, -0.05) is 11.8 Å². The molecule has 156 valence electrons. The number of thioether (sulfide) groups is 1. The van der Waals surface area contributed by atoms with E-state index in [9.17, 15) is 24.3 Å². The van der Waals surface area contributed by atoms with Gasteiger partial charge in [-0.25, -0.2) is 14.7 Å². The Morgan fingerprint density at radius 2 is 2.07 bits per heavy atom. The Bertz CT molecular complexity index is 1060. The van der Waals surface area contributed by atoms with Crippen LogP contribution >= 0.6 is 23.1 Å². The van der Waals surface area contributed by atoms with E-state index >= 15 is 0 Å². The molecular weight excluding hydrogens is 428 g/mol. The maximum absolute atomic E-state index is 13.1. The SMILES string of the molecule is COC(=O)c1c(N2C(=O)CC(Sc3ncccc3C(=O)[O-])C2=O)sc2c1CCCC2. The summed E-state index contributed by atoms with van der Waals surface area (Å²) in [5.74, 6) is -2.90. The van der Waals surface area contributed by atoms with Crippen molar-refractivity contribution in [2.45, 2.75) is 42.4 Å². The largest absolute Gasteiger partial charge is 0.545 e. The molecule has 1 unspecified atom stereocenters. The molecule has 8 nitrogen and oxygen atoms in total. The van der Waals surface area contributed by atoms with Crippen LogP contribution < -0.4 is 10.0 Å². The molecule has 30 heavy (non-hydrogen) atoms. The molecule has 0 bridgehead atoms. The number of amides is 2. The number of carboxylic acid groups (broad SMARTS) is 1. The summed E-state index contributed by atoms with van der Waals surface area (Å²) in [6.45, 7) is 0. The van der Waals surface area contributed by atoms with Crippen LogP contribution in [0.15, 0.2) is 23.4 Å². The van der Waals surface area contributed by atoms with Crippen molar-refractivity contribution in [2.24, 2.45) is 0 Å². The quantitative estimate of drug-likeness (QED) is 0.503. The van der Waals surface area contributed by atoms with Crippen LogP contribution in [0.25, 0.3) is 0 Å². The van der Waals surface area contributed by atoms with E-state index in [1.807, 2.05) is 0 Å². The number of carbonyl (C=O) groups is 4. The predicted molar refractivity (Wildman–Crippen MR) is 108 cm³/mol. The number of fused-ring (bicyclic) bond motifs is 1. The highest BCUT2D eigenvalue weighted by atomic mass is 32.2. The Morgan fingerprint density at radius 3 is 2.80 bits per heavy atom. The fraction of sp³-hybridized carbons (Fsp3) is 0.350. The topological polar surface area (TPSA) is 117 Å². The third-order valence-corrected chi connectivity index (χ3v) is 7.57. The van der Waals surface area contributed by atoms with E-state index in [4.69, 9.17) is 4.74 Å². The standard InChI is InChI=1S/C20H18N2O6S2/c1-28-20(27)15-10-5-2-3-7-12(10)30-18(15)22-14(23)9-13(17(22)24)29-16-11(19(25)26)6-4-8-21-16/h4,6,8,13H,2-3,5,7,9H2,1H3,(H,25,26)/p-1. The van der Waals surface area contributed by atoms with Crippen molar-refractivity contribution < 1.29 is 29.0 Å². The van der Waals surface area contributed by atoms with Crippen LogP contribution in [0.5, 0.6) is 0 Å². The molecule has 0 radical (unpaired) electrons. The number of ether oxygens (including phenoxy) is 1. The van der Waals surface area contributed by atoms with E-state index < -0.39 is 29.0 Å². The maximum Gasteiger partial charge on any atom is 0.341 e. The van der Waals surface area contributed by atoms with E-state index in [2.05, 4.69) is 4.98 Å². The van der Waals surface area contributed by atoms with E-state index in [-0.39, 0.29) is 22.6 Å². The van der Waals surface area contributed by atoms with Crippen molar-refractivity contribution in [1.82, 2.24) is 4.98 Å². The summed E-state index contributed by atoms with van der Waals surface area (Å²) in [7, 11) is 1.27. The van der Waals surface area contributed by atoms with Gasteiger partial charge in [-0.2, -0.15) is 0 Å². The highest BCUT2D eigenvalue weighted by molar-refractivity contribution is 8.00. The molecular formula is C20H17N2O6S2-. The lowest BCUT2D eigenvalue weighted by Gasteiger charge is -2.16. The van der Waals surface area contributed by atoms with Gasteiger partial charge in [0.1, 0.15) is 10.0 Å². The number of aromatic nitrogens is 1. The molecule has 1 fully saturated rings. The van der Waals surface area contributed by atoms with Gasteiger partial charge >= 0.3 is 5.97 Å². The Morgan fingerprint density at radius 1 is 1.30 bits per heavy atom. The summed E-state index contributed by atoms with van der Waals surface area (Å²) in [5.41, 5.74) is 1.01. The lowest BCUT2D eigenvalue weighted by molar-refractivity contribution is -0.255. The normalized spacial score (nSPS) is 18.4. The van der Waals surface area contributed by atoms with Gasteiger partial charge < -0.3 is 14.6 Å². The first-order valence-electron chi connectivity index (χ1n) is 9.35. The monoisotopic (exact) mass is 445 g/mol. The fourth-order valence-electron chi connectivity index (χ4n) is 3.71. The van der Waals surface area contributed by atoms with E-state index in [0.717, 1.165) is 46.4 Å². The zero-order valence-corrected chi connectivity index (χ0v) is 17.6. The van der Waals surface area contributed by atoms with Gasteiger partial charge in [0, 0.05) is 23.1 Å². The number of hydrogen-bond acceptors (Lipinski definition) is 9. The molecule has 2 aromatic rings. The van der Waals surface area contributed by atoms with Crippen LogP contribution in [-0.4, -0.2) is 41.1 Å². The zero-order valence-electron chi connectivity index (χ0n) is 16.0. The molecule has 1 aliphatic heterocycles. The van der Waals surface area contributed by atoms with Crippen LogP contribution in [0.1, 0.15) is 50.4 Å². The van der Waals surface area contributed by atoms with Crippen LogP contribution in [-0.2, 0) is 27.2 Å². The number of anilines is 1. The number of imide groups is 1. The number of aromatic carboxylic acids is 1. The molecule has 0 N–H and O–H groups in total. The van der Waals surface area contributed by atoms with E-state index in [0.29, 0.717) is 11.4 Å². The number of pyridine rings is 1. The highest BCUT2D eigenvalue weighted by Gasteiger charge is 2.44. The number of rotatable bonds is 5. The van der Waals surface area contributed by atoms with Gasteiger partial charge in [0.05, 0.1) is 23.9 Å². The van der Waals surface area contributed by atoms with Crippen LogP contribution in [0.2, 0.25) is 0 Å². The second-order valence-corrected chi connectivity index (χ2v) is 9.18. The Labute approximate surface area is 180 Å². The summed E-state index contributed by atoms with van der Waals surface area (Å²) in [6.07, 6.45) is 4.71. The Kier molecular flexibility index (Phi) is 5.61. The molecule has 2 aromatic heterocycles. The fourth-order valence-corrected chi connectivity index (χ4v) is 6.21. The van der Waals surface area contributed by atoms with Gasteiger partial charge in [0.2, 0.25) is 11.8 Å². The van der Waals surface area contributed by atoms with Crippen molar-refractivity contribution in [3.05, 3.63) is 39.9 Å². The average molecular weight is 445 g/mol. The third-order valence-electron chi connectivity index (χ3n) is 5.10. The first-order valence-corrected chi connectivity index (χ1v) is 11.0. The summed E-state index contributed by atoms with van der Waals surface area (Å²) in [5, 5.41) is 10.9. The minimum atomic E-state index is -1.40. The third kappa shape index (κ3) is 3.50. The summed E-state index contributed by atoms with van der Waals surface area (Å²) >= 11 is 2.20. The van der Waals surface area contributed by atoms with E-state index in [1.165, 1.54) is 36.8 Å². The molecule has 4 rings (SSSR count). The number of esters is 1. The molecule has 2 aliphatic rings. The summed E-state index contributed by atoms with van der Waals surface area (Å²) < 4.78 is 4.93. The lowest BCUT2D eigenvalue weighted by Crippen LogP contribution is -2.32. The first-order chi connectivity index (χ1) is 14.4. The smallest absolute Gasteiger partial charge is 0.341 e. The van der Waals surface area contributed by atoms with Crippen molar-refractivity contribution in [3.63, 3.8) is 0 Å². The number of aryl methyl sites for hydroxylation is 1. The Hall–Kier alpha value is -2.72. The minimum absolute atomic E-state index is 0.115. The number of carboxylic acids is 1. The van der Waals surface area contributed by atoms with Gasteiger partial charge in [-0.05, 0) is 43.4 Å². The van der Waals surface area contributed by atoms with Gasteiger partial charge in [0.15, 0.2) is 0 Å². The van der Waals surface area contributed by atoms with Crippen molar-refractivity contribution in [3.8, 4) is 0 Å². The predicted octanol–water partition coefficient (Wildman–Crippen LogP) is 1.60. The molecule has 1 aliphatic carbocycles. The molecule has 0 spiro atoms. The number of carbonyl (C=O) groups excluding carboxylic acids is 4. The van der Waals surface area contributed by atoms with Gasteiger partial charge in [-0.3, -0.25) is 9.59 Å². The first kappa shape index (κ1) is 20.5. The Balaban J connectivity index is 1.68. The molecule has 1 saturated heterocycles. The van der Waals surface area contributed by atoms with Crippen molar-refractivity contribution in [2.75, 3.05) is 12.0 Å². The van der Waals surface area contributed by atoms with Crippen molar-refractivity contribution in [1.29, 1.82) is 0 Å². The molecule has 0 aromatic carbocycles. The minimum Gasteiger partial charge on any atom is -0.545 e. The van der Waals surface area contributed by atoms with Crippen molar-refractivity contribution >= 4 is 51.9 Å². The van der Waals surface area contributed by atoms with Crippen LogP contribution in [0.4, 0.5) is 5.00 Å². The summed E-state index contributed by atoms with van der Waals surface area (Å²) in [4.78, 5) is 55.8. The number of nitrogens with zero attached hydrogens (tertiary/aromatic N) is 2. The number of thiophene rings is 1. The number of methoxy groups -OCH3 is 1.